The molecule has 2 aliphatic carbocycles. The number of likely N-dealkylation sites (tertiary alicyclic amines) is 1. The van der Waals surface area contributed by atoms with Gasteiger partial charge in [-0.15, -0.1) is 0 Å². The lowest BCUT2D eigenvalue weighted by Gasteiger charge is -2.31. The number of carbonyl (C=O) groups excluding carboxylic acids is 1. The number of ketones is 1. The second-order valence-corrected chi connectivity index (χ2v) is 10.5. The number of hydrogen-bond donors (Lipinski definition) is 2. The minimum atomic E-state index is -0.523. The van der Waals surface area contributed by atoms with Gasteiger partial charge < -0.3 is 15.5 Å². The lowest BCUT2D eigenvalue weighted by Crippen LogP contribution is -2.35. The molecule has 4 heteroatoms. The molecule has 0 bridgehead atoms. The van der Waals surface area contributed by atoms with Crippen LogP contribution in [-0.2, 0) is 10.2 Å². The zero-order valence-electron chi connectivity index (χ0n) is 22.2. The second-order valence-electron chi connectivity index (χ2n) is 10.5. The quantitative estimate of drug-likeness (QED) is 0.379. The summed E-state index contributed by atoms with van der Waals surface area (Å²) in [6.45, 7) is 9.29. The van der Waals surface area contributed by atoms with Crippen LogP contribution < -0.4 is 10.6 Å². The van der Waals surface area contributed by atoms with E-state index in [4.69, 9.17) is 0 Å². The number of allylic oxidation sites excluding steroid dienone is 6. The van der Waals surface area contributed by atoms with Gasteiger partial charge in [-0.1, -0.05) is 79.8 Å². The number of carbonyl (C=O) groups is 1. The molecular weight excluding hydrogens is 454 g/mol. The van der Waals surface area contributed by atoms with Crippen molar-refractivity contribution >= 4 is 22.7 Å². The predicted molar refractivity (Wildman–Crippen MR) is 155 cm³/mol. The van der Waals surface area contributed by atoms with E-state index in [9.17, 15) is 4.79 Å². The Hall–Kier alpha value is -3.37. The summed E-state index contributed by atoms with van der Waals surface area (Å²) < 4.78 is 0. The summed E-state index contributed by atoms with van der Waals surface area (Å²) >= 11 is 0. The fraction of sp³-hybridized carbons (Fsp3) is 0.364. The number of rotatable bonds is 10. The minimum Gasteiger partial charge on any atom is -0.388 e. The summed E-state index contributed by atoms with van der Waals surface area (Å²) in [4.78, 5) is 15.9. The lowest BCUT2D eigenvalue weighted by atomic mass is 9.70. The van der Waals surface area contributed by atoms with E-state index in [0.717, 1.165) is 68.7 Å². The van der Waals surface area contributed by atoms with Crippen LogP contribution in [0.15, 0.2) is 85.0 Å². The van der Waals surface area contributed by atoms with Crippen molar-refractivity contribution in [1.29, 1.82) is 0 Å². The Morgan fingerprint density at radius 2 is 1.86 bits per heavy atom. The summed E-state index contributed by atoms with van der Waals surface area (Å²) in [5.74, 6) is 0.260. The van der Waals surface area contributed by atoms with E-state index in [-0.39, 0.29) is 5.78 Å². The highest BCUT2D eigenvalue weighted by atomic mass is 16.1. The molecule has 0 aromatic heterocycles. The van der Waals surface area contributed by atoms with Gasteiger partial charge in [0.05, 0.1) is 5.41 Å². The maximum absolute atomic E-state index is 13.3. The molecule has 0 radical (unpaired) electrons. The topological polar surface area (TPSA) is 44.4 Å². The molecule has 0 saturated carbocycles. The number of benzene rings is 2. The van der Waals surface area contributed by atoms with Gasteiger partial charge in [0.25, 0.3) is 0 Å². The molecule has 37 heavy (non-hydrogen) atoms. The number of nitrogens with zero attached hydrogens (tertiary/aromatic N) is 1. The van der Waals surface area contributed by atoms with Crippen molar-refractivity contribution < 1.29 is 4.79 Å². The van der Waals surface area contributed by atoms with Crippen LogP contribution in [0.5, 0.6) is 0 Å². The van der Waals surface area contributed by atoms with Crippen LogP contribution in [0.25, 0.3) is 11.3 Å². The average Bonchev–Trinajstić information content (AvgIpc) is 3.36. The molecule has 0 amide bonds. The van der Waals surface area contributed by atoms with Crippen molar-refractivity contribution in [3.63, 3.8) is 0 Å². The van der Waals surface area contributed by atoms with E-state index in [1.807, 2.05) is 13.1 Å². The summed E-state index contributed by atoms with van der Waals surface area (Å²) in [6, 6.07) is 17.2. The molecular formula is C33H39N3O. The Bertz CT molecular complexity index is 1270. The number of Topliss-reactive ketones (excluding diaryl/α,β-unsaturated/α-hetero) is 1. The third-order valence-corrected chi connectivity index (χ3v) is 8.32. The third kappa shape index (κ3) is 4.83. The minimum absolute atomic E-state index is 0.260. The molecule has 2 aromatic rings. The van der Waals surface area contributed by atoms with Gasteiger partial charge in [-0.05, 0) is 67.5 Å². The van der Waals surface area contributed by atoms with Crippen molar-refractivity contribution in [1.82, 2.24) is 10.2 Å². The number of para-hydroxylation sites is 1. The molecule has 5 rings (SSSR count). The van der Waals surface area contributed by atoms with Gasteiger partial charge >= 0.3 is 0 Å². The number of unbranched alkanes of at least 4 members (excludes halogenated alkanes) is 1. The van der Waals surface area contributed by atoms with Gasteiger partial charge in [-0.3, -0.25) is 4.79 Å². The molecule has 1 saturated heterocycles. The molecule has 1 fully saturated rings. The van der Waals surface area contributed by atoms with E-state index in [1.165, 1.54) is 22.3 Å². The predicted octanol–water partition coefficient (Wildman–Crippen LogP) is 6.34. The third-order valence-electron chi connectivity index (χ3n) is 8.32. The Morgan fingerprint density at radius 3 is 2.70 bits per heavy atom. The van der Waals surface area contributed by atoms with Crippen LogP contribution in [0.3, 0.4) is 0 Å². The van der Waals surface area contributed by atoms with Crippen LogP contribution in [0.1, 0.15) is 55.7 Å². The van der Waals surface area contributed by atoms with E-state index >= 15 is 0 Å². The summed E-state index contributed by atoms with van der Waals surface area (Å²) in [5, 5.41) is 6.92. The van der Waals surface area contributed by atoms with Crippen molar-refractivity contribution in [2.75, 3.05) is 32.0 Å². The number of nitrogens with one attached hydrogen (secondary N) is 2. The zero-order chi connectivity index (χ0) is 25.8. The fourth-order valence-electron chi connectivity index (χ4n) is 6.46. The van der Waals surface area contributed by atoms with Crippen molar-refractivity contribution in [3.05, 3.63) is 102 Å². The summed E-state index contributed by atoms with van der Waals surface area (Å²) in [6.07, 6.45) is 13.9. The fourth-order valence-corrected chi connectivity index (χ4v) is 6.46. The first kappa shape index (κ1) is 25.3. The van der Waals surface area contributed by atoms with E-state index < -0.39 is 5.41 Å². The number of hydrogen-bond acceptors (Lipinski definition) is 4. The van der Waals surface area contributed by atoms with Crippen molar-refractivity contribution in [2.45, 2.75) is 50.5 Å². The van der Waals surface area contributed by atoms with Crippen LogP contribution in [-0.4, -0.2) is 43.4 Å². The van der Waals surface area contributed by atoms with Gasteiger partial charge in [0.1, 0.15) is 5.78 Å². The smallest absolute Gasteiger partial charge is 0.144 e. The van der Waals surface area contributed by atoms with Crippen molar-refractivity contribution in [2.24, 2.45) is 0 Å². The highest BCUT2D eigenvalue weighted by molar-refractivity contribution is 6.03. The largest absolute Gasteiger partial charge is 0.388 e. The van der Waals surface area contributed by atoms with Gasteiger partial charge in [-0.2, -0.15) is 0 Å². The molecule has 0 spiro atoms. The zero-order valence-corrected chi connectivity index (χ0v) is 22.2. The monoisotopic (exact) mass is 493 g/mol. The molecule has 2 unspecified atom stereocenters. The Kier molecular flexibility index (Phi) is 7.48. The first-order valence-corrected chi connectivity index (χ1v) is 13.7. The molecule has 3 aliphatic rings. The van der Waals surface area contributed by atoms with Gasteiger partial charge in [-0.25, -0.2) is 0 Å². The SMILES string of the molecule is C=C(NC1CCN(CCCCC2(C(C)=O)C3=C(C=CCC=C3)c3ccccc32)C1)c1ccccc1NC. The van der Waals surface area contributed by atoms with Crippen LogP contribution in [0, 0.1) is 0 Å². The standard InChI is InChI=1S/C33H39N3O/c1-24(27-13-8-10-18-32(27)34-3)35-26-19-22-36(23-26)21-12-11-20-33(25(2)37)30-16-6-4-5-14-28(30)29-15-7-9-17-31(29)33/h5-10,13-18,26,34-35H,1,4,11-12,19-23H2,2-3H3. The molecule has 2 aromatic carbocycles. The van der Waals surface area contributed by atoms with E-state index in [1.54, 1.807) is 6.92 Å². The van der Waals surface area contributed by atoms with Crippen molar-refractivity contribution in [3.8, 4) is 0 Å². The van der Waals surface area contributed by atoms with E-state index in [2.05, 4.69) is 88.9 Å². The summed E-state index contributed by atoms with van der Waals surface area (Å²) in [7, 11) is 1.95. The van der Waals surface area contributed by atoms with Crippen LogP contribution >= 0.6 is 0 Å². The van der Waals surface area contributed by atoms with Crippen LogP contribution in [0.2, 0.25) is 0 Å². The van der Waals surface area contributed by atoms with E-state index in [0.29, 0.717) is 6.04 Å². The lowest BCUT2D eigenvalue weighted by molar-refractivity contribution is -0.121. The van der Waals surface area contributed by atoms with Gasteiger partial charge in [0.15, 0.2) is 0 Å². The second kappa shape index (κ2) is 10.9. The summed E-state index contributed by atoms with van der Waals surface area (Å²) in [5.41, 5.74) is 7.53. The normalized spacial score (nSPS) is 22.5. The van der Waals surface area contributed by atoms with Crippen LogP contribution in [0.4, 0.5) is 5.69 Å². The first-order valence-electron chi connectivity index (χ1n) is 13.7. The molecule has 4 nitrogen and oxygen atoms in total. The maximum atomic E-state index is 13.3. The average molecular weight is 494 g/mol. The molecule has 1 heterocycles. The maximum Gasteiger partial charge on any atom is 0.144 e. The number of anilines is 1. The first-order chi connectivity index (χ1) is 18.0. The Labute approximate surface area is 221 Å². The number of fused-ring (bicyclic) bond motifs is 2. The molecule has 2 N–H and O–H groups in total. The van der Waals surface area contributed by atoms with Gasteiger partial charge in [0.2, 0.25) is 0 Å². The highest BCUT2D eigenvalue weighted by Crippen LogP contribution is 2.51. The highest BCUT2D eigenvalue weighted by Gasteiger charge is 2.46. The molecule has 2 atom stereocenters. The Morgan fingerprint density at radius 1 is 1.08 bits per heavy atom. The molecule has 1 aliphatic heterocycles. The Balaban J connectivity index is 1.20. The van der Waals surface area contributed by atoms with Gasteiger partial charge in [0, 0.05) is 43.1 Å². The molecule has 192 valence electrons.